The predicted molar refractivity (Wildman–Crippen MR) is 62.0 cm³/mol. The molecule has 0 bridgehead atoms. The first-order chi connectivity index (χ1) is 7.20. The van der Waals surface area contributed by atoms with Gasteiger partial charge in [0.1, 0.15) is 0 Å². The van der Waals surface area contributed by atoms with Crippen molar-refractivity contribution in [2.24, 2.45) is 5.73 Å². The minimum atomic E-state index is 0.151. The smallest absolute Gasteiger partial charge is 0.165 e. The van der Waals surface area contributed by atoms with Crippen LogP contribution in [0.3, 0.4) is 0 Å². The molecule has 0 saturated carbocycles. The molecule has 0 aliphatic heterocycles. The second kappa shape index (κ2) is 5.41. The maximum atomic E-state index is 9.89. The highest BCUT2D eigenvalue weighted by atomic mass is 16.5. The van der Waals surface area contributed by atoms with Crippen LogP contribution in [0.1, 0.15) is 18.9 Å². The quantitative estimate of drug-likeness (QED) is 0.777. The van der Waals surface area contributed by atoms with Gasteiger partial charge < -0.3 is 15.6 Å². The molecule has 0 atom stereocenters. The summed E-state index contributed by atoms with van der Waals surface area (Å²) in [4.78, 5) is 0. The van der Waals surface area contributed by atoms with E-state index in [1.54, 1.807) is 6.07 Å². The first-order valence-corrected chi connectivity index (χ1v) is 5.03. The van der Waals surface area contributed by atoms with E-state index in [0.717, 1.165) is 5.57 Å². The van der Waals surface area contributed by atoms with Gasteiger partial charge in [0, 0.05) is 5.56 Å². The largest absolute Gasteiger partial charge is 0.504 e. The van der Waals surface area contributed by atoms with Gasteiger partial charge in [-0.25, -0.2) is 0 Å². The van der Waals surface area contributed by atoms with Gasteiger partial charge in [0.2, 0.25) is 0 Å². The number of para-hydroxylation sites is 1. The Hall–Kier alpha value is -1.48. The van der Waals surface area contributed by atoms with E-state index in [9.17, 15) is 5.11 Å². The molecule has 3 N–H and O–H groups in total. The molecule has 82 valence electrons. The number of benzene rings is 1. The molecule has 15 heavy (non-hydrogen) atoms. The summed E-state index contributed by atoms with van der Waals surface area (Å²) in [5, 5.41) is 9.89. The van der Waals surface area contributed by atoms with E-state index in [-0.39, 0.29) is 5.75 Å². The second-order valence-electron chi connectivity index (χ2n) is 3.23. The summed E-state index contributed by atoms with van der Waals surface area (Å²) >= 11 is 0. The maximum absolute atomic E-state index is 9.89. The summed E-state index contributed by atoms with van der Waals surface area (Å²) in [6.45, 7) is 6.81. The Labute approximate surface area is 90.2 Å². The van der Waals surface area contributed by atoms with Crippen molar-refractivity contribution in [3.63, 3.8) is 0 Å². The van der Waals surface area contributed by atoms with Crippen LogP contribution in [-0.2, 0) is 0 Å². The molecule has 0 spiro atoms. The molecule has 0 radical (unpaired) electrons. The van der Waals surface area contributed by atoms with E-state index in [1.165, 1.54) is 0 Å². The maximum Gasteiger partial charge on any atom is 0.165 e. The number of nitrogens with two attached hydrogens (primary N) is 1. The number of rotatable bonds is 5. The predicted octanol–water partition coefficient (Wildman–Crippen LogP) is 2.15. The molecular weight excluding hydrogens is 190 g/mol. The fourth-order valence-corrected chi connectivity index (χ4v) is 1.39. The number of hydrogen-bond donors (Lipinski definition) is 2. The Morgan fingerprint density at radius 3 is 2.87 bits per heavy atom. The molecule has 0 saturated heterocycles. The monoisotopic (exact) mass is 207 g/mol. The lowest BCUT2D eigenvalue weighted by Crippen LogP contribution is -2.00. The van der Waals surface area contributed by atoms with Gasteiger partial charge in [0.15, 0.2) is 11.5 Å². The van der Waals surface area contributed by atoms with Gasteiger partial charge in [0.25, 0.3) is 0 Å². The zero-order valence-corrected chi connectivity index (χ0v) is 8.99. The van der Waals surface area contributed by atoms with Gasteiger partial charge in [0.05, 0.1) is 6.61 Å². The Kier molecular flexibility index (Phi) is 4.18. The highest BCUT2D eigenvalue weighted by Crippen LogP contribution is 2.34. The van der Waals surface area contributed by atoms with Gasteiger partial charge in [-0.05, 0) is 31.5 Å². The van der Waals surface area contributed by atoms with Crippen LogP contribution in [0.2, 0.25) is 0 Å². The summed E-state index contributed by atoms with van der Waals surface area (Å²) in [6, 6.07) is 5.38. The fourth-order valence-electron chi connectivity index (χ4n) is 1.39. The molecule has 3 heteroatoms. The molecule has 0 fully saturated rings. The summed E-state index contributed by atoms with van der Waals surface area (Å²) in [7, 11) is 0. The lowest BCUT2D eigenvalue weighted by atomic mass is 10.0. The second-order valence-corrected chi connectivity index (χ2v) is 3.23. The van der Waals surface area contributed by atoms with E-state index in [4.69, 9.17) is 10.5 Å². The highest BCUT2D eigenvalue weighted by Gasteiger charge is 2.09. The summed E-state index contributed by atoms with van der Waals surface area (Å²) in [5.74, 6) is 0.644. The van der Waals surface area contributed by atoms with Gasteiger partial charge in [-0.1, -0.05) is 18.7 Å². The van der Waals surface area contributed by atoms with Crippen LogP contribution < -0.4 is 10.5 Å². The van der Waals surface area contributed by atoms with Gasteiger partial charge in [-0.3, -0.25) is 0 Å². The van der Waals surface area contributed by atoms with Crippen molar-refractivity contribution in [3.05, 3.63) is 30.3 Å². The minimum Gasteiger partial charge on any atom is -0.504 e. The lowest BCUT2D eigenvalue weighted by Gasteiger charge is -2.11. The van der Waals surface area contributed by atoms with Crippen molar-refractivity contribution in [1.29, 1.82) is 0 Å². The van der Waals surface area contributed by atoms with Crippen LogP contribution in [0.15, 0.2) is 24.8 Å². The van der Waals surface area contributed by atoms with Crippen LogP contribution >= 0.6 is 0 Å². The summed E-state index contributed by atoms with van der Waals surface area (Å²) < 4.78 is 5.28. The fraction of sp³-hybridized carbons (Fsp3) is 0.333. The number of ether oxygens (including phenoxy) is 1. The highest BCUT2D eigenvalue weighted by molar-refractivity contribution is 5.71. The van der Waals surface area contributed by atoms with E-state index in [1.807, 2.05) is 19.1 Å². The summed E-state index contributed by atoms with van der Waals surface area (Å²) in [5.41, 5.74) is 6.98. The van der Waals surface area contributed by atoms with Gasteiger partial charge in [-0.2, -0.15) is 0 Å². The molecule has 0 aliphatic carbocycles. The molecule has 0 aliphatic rings. The summed E-state index contributed by atoms with van der Waals surface area (Å²) in [6.07, 6.45) is 0.670. The lowest BCUT2D eigenvalue weighted by molar-refractivity contribution is 0.317. The van der Waals surface area contributed by atoms with E-state index >= 15 is 0 Å². The average molecular weight is 207 g/mol. The third-order valence-electron chi connectivity index (χ3n) is 2.13. The molecular formula is C12H17NO2. The standard InChI is InChI=1S/C12H17NO2/c1-3-15-11-6-4-5-10(12(11)14)9(2)7-8-13/h4-6,14H,2-3,7-8,13H2,1H3. The van der Waals surface area contributed by atoms with Crippen molar-refractivity contribution in [3.8, 4) is 11.5 Å². The first-order valence-electron chi connectivity index (χ1n) is 5.03. The Balaban J connectivity index is 2.98. The van der Waals surface area contributed by atoms with Gasteiger partial charge in [-0.15, -0.1) is 0 Å². The van der Waals surface area contributed by atoms with E-state index < -0.39 is 0 Å². The normalized spacial score (nSPS) is 10.0. The minimum absolute atomic E-state index is 0.151. The van der Waals surface area contributed by atoms with E-state index in [0.29, 0.717) is 30.9 Å². The average Bonchev–Trinajstić information content (AvgIpc) is 2.22. The zero-order chi connectivity index (χ0) is 11.3. The molecule has 0 aromatic heterocycles. The van der Waals surface area contributed by atoms with Crippen molar-refractivity contribution in [2.45, 2.75) is 13.3 Å². The Morgan fingerprint density at radius 2 is 2.27 bits per heavy atom. The van der Waals surface area contributed by atoms with Crippen LogP contribution in [-0.4, -0.2) is 18.3 Å². The van der Waals surface area contributed by atoms with Crippen LogP contribution in [0.25, 0.3) is 5.57 Å². The number of phenolic OH excluding ortho intramolecular Hbond substituents is 1. The topological polar surface area (TPSA) is 55.5 Å². The van der Waals surface area contributed by atoms with Gasteiger partial charge >= 0.3 is 0 Å². The van der Waals surface area contributed by atoms with Crippen molar-refractivity contribution in [2.75, 3.05) is 13.2 Å². The molecule has 0 unspecified atom stereocenters. The number of aromatic hydroxyl groups is 1. The number of hydrogen-bond acceptors (Lipinski definition) is 3. The van der Waals surface area contributed by atoms with Crippen LogP contribution in [0.5, 0.6) is 11.5 Å². The SMILES string of the molecule is C=C(CCN)c1cccc(OCC)c1O. The van der Waals surface area contributed by atoms with Crippen molar-refractivity contribution < 1.29 is 9.84 Å². The van der Waals surface area contributed by atoms with Crippen LogP contribution in [0, 0.1) is 0 Å². The molecule has 1 aromatic rings. The third-order valence-corrected chi connectivity index (χ3v) is 2.13. The molecule has 3 nitrogen and oxygen atoms in total. The molecule has 1 aromatic carbocycles. The Morgan fingerprint density at radius 1 is 1.53 bits per heavy atom. The number of phenols is 1. The molecule has 0 amide bonds. The van der Waals surface area contributed by atoms with Crippen molar-refractivity contribution >= 4 is 5.57 Å². The molecule has 1 rings (SSSR count). The van der Waals surface area contributed by atoms with E-state index in [2.05, 4.69) is 6.58 Å². The van der Waals surface area contributed by atoms with Crippen molar-refractivity contribution in [1.82, 2.24) is 0 Å². The first kappa shape index (κ1) is 11.6. The Bertz CT molecular complexity index is 347. The van der Waals surface area contributed by atoms with Crippen LogP contribution in [0.4, 0.5) is 0 Å². The zero-order valence-electron chi connectivity index (χ0n) is 8.99. The molecule has 0 heterocycles. The third kappa shape index (κ3) is 2.73.